The number of nitrogens with one attached hydrogen (secondary N) is 1. The molecule has 0 aliphatic carbocycles. The van der Waals surface area contributed by atoms with Gasteiger partial charge in [-0.05, 0) is 44.9 Å². The fourth-order valence-corrected chi connectivity index (χ4v) is 2.80. The second-order valence-electron chi connectivity index (χ2n) is 4.94. The van der Waals surface area contributed by atoms with E-state index in [1.807, 2.05) is 13.8 Å². The third-order valence-corrected chi connectivity index (χ3v) is 4.27. The smallest absolute Gasteiger partial charge is 0.240 e. The molecule has 0 unspecified atom stereocenters. The maximum Gasteiger partial charge on any atom is 0.240 e. The molecular weight excluding hydrogens is 297 g/mol. The van der Waals surface area contributed by atoms with E-state index in [2.05, 4.69) is 4.72 Å². The first-order valence-corrected chi connectivity index (χ1v) is 8.35. The fourth-order valence-electron chi connectivity index (χ4n) is 1.68. The van der Waals surface area contributed by atoms with Crippen molar-refractivity contribution in [3.8, 4) is 0 Å². The monoisotopic (exact) mass is 319 g/mol. The van der Waals surface area contributed by atoms with Crippen molar-refractivity contribution in [3.05, 3.63) is 29.6 Å². The second kappa shape index (κ2) is 8.43. The van der Waals surface area contributed by atoms with Crippen LogP contribution in [-0.4, -0.2) is 32.8 Å². The summed E-state index contributed by atoms with van der Waals surface area (Å²) in [5.41, 5.74) is -0.0387. The van der Waals surface area contributed by atoms with Gasteiger partial charge in [0.1, 0.15) is 5.82 Å². The molecular formula is C14H22FNO4S. The molecule has 0 radical (unpaired) electrons. The first-order chi connectivity index (χ1) is 9.86. The Bertz CT molecular complexity index is 546. The molecule has 0 spiro atoms. The summed E-state index contributed by atoms with van der Waals surface area (Å²) >= 11 is 0. The first kappa shape index (κ1) is 18.0. The van der Waals surface area contributed by atoms with Crippen LogP contribution in [0.5, 0.6) is 0 Å². The van der Waals surface area contributed by atoms with Gasteiger partial charge in [0.05, 0.1) is 17.6 Å². The van der Waals surface area contributed by atoms with Crippen LogP contribution < -0.4 is 4.72 Å². The molecule has 0 fully saturated rings. The Morgan fingerprint density at radius 2 is 2.05 bits per heavy atom. The number of hydrogen-bond acceptors (Lipinski definition) is 4. The van der Waals surface area contributed by atoms with Crippen LogP contribution in [0.15, 0.2) is 23.1 Å². The average molecular weight is 319 g/mol. The summed E-state index contributed by atoms with van der Waals surface area (Å²) in [6.07, 6.45) is 1.57. The number of aliphatic hydroxyl groups is 1. The zero-order valence-corrected chi connectivity index (χ0v) is 13.1. The van der Waals surface area contributed by atoms with Crippen LogP contribution in [0.4, 0.5) is 4.39 Å². The molecule has 0 saturated heterocycles. The number of hydrogen-bond donors (Lipinski definition) is 2. The molecule has 5 nitrogen and oxygen atoms in total. The van der Waals surface area contributed by atoms with Crippen LogP contribution in [0.3, 0.4) is 0 Å². The Hall–Kier alpha value is -1.02. The highest BCUT2D eigenvalue weighted by Gasteiger charge is 2.15. The largest absolute Gasteiger partial charge is 0.392 e. The molecule has 0 aromatic heterocycles. The van der Waals surface area contributed by atoms with Crippen molar-refractivity contribution in [1.82, 2.24) is 4.72 Å². The highest BCUT2D eigenvalue weighted by atomic mass is 32.2. The van der Waals surface area contributed by atoms with Gasteiger partial charge in [-0.3, -0.25) is 0 Å². The van der Waals surface area contributed by atoms with Crippen molar-refractivity contribution in [2.45, 2.75) is 44.3 Å². The van der Waals surface area contributed by atoms with Gasteiger partial charge in [0.25, 0.3) is 0 Å². The summed E-state index contributed by atoms with van der Waals surface area (Å²) in [6.45, 7) is 4.22. The topological polar surface area (TPSA) is 75.6 Å². The quantitative estimate of drug-likeness (QED) is 0.681. The molecule has 0 bridgehead atoms. The number of unbranched alkanes of at least 4 members (excludes halogenated alkanes) is 1. The van der Waals surface area contributed by atoms with Crippen molar-refractivity contribution >= 4 is 10.0 Å². The number of aliphatic hydroxyl groups excluding tert-OH is 1. The standard InChI is InChI=1S/C14H22FNO4S/c1-11(2)20-8-4-3-7-16-21(18,19)13-5-6-14(15)12(9-13)10-17/h5-6,9,11,16-17H,3-4,7-8,10H2,1-2H3. The Morgan fingerprint density at radius 1 is 1.33 bits per heavy atom. The average Bonchev–Trinajstić information content (AvgIpc) is 2.42. The van der Waals surface area contributed by atoms with Gasteiger partial charge in [0, 0.05) is 18.7 Å². The van der Waals surface area contributed by atoms with Crippen LogP contribution in [0, 0.1) is 5.82 Å². The van der Waals surface area contributed by atoms with Gasteiger partial charge in [0.15, 0.2) is 0 Å². The predicted molar refractivity (Wildman–Crippen MR) is 77.8 cm³/mol. The molecule has 7 heteroatoms. The van der Waals surface area contributed by atoms with E-state index in [0.717, 1.165) is 18.6 Å². The van der Waals surface area contributed by atoms with E-state index in [-0.39, 0.29) is 23.1 Å². The molecule has 2 N–H and O–H groups in total. The molecule has 0 amide bonds. The fraction of sp³-hybridized carbons (Fsp3) is 0.571. The highest BCUT2D eigenvalue weighted by Crippen LogP contribution is 2.15. The highest BCUT2D eigenvalue weighted by molar-refractivity contribution is 7.89. The number of rotatable bonds is 9. The lowest BCUT2D eigenvalue weighted by Gasteiger charge is -2.09. The minimum absolute atomic E-state index is 0.0387. The van der Waals surface area contributed by atoms with Gasteiger partial charge in [-0.2, -0.15) is 0 Å². The van der Waals surface area contributed by atoms with Gasteiger partial charge < -0.3 is 9.84 Å². The lowest BCUT2D eigenvalue weighted by atomic mass is 10.2. The van der Waals surface area contributed by atoms with Crippen LogP contribution in [0.1, 0.15) is 32.3 Å². The van der Waals surface area contributed by atoms with E-state index >= 15 is 0 Å². The number of benzene rings is 1. The molecule has 1 aromatic rings. The maximum atomic E-state index is 13.2. The zero-order chi connectivity index (χ0) is 15.9. The Balaban J connectivity index is 2.50. The summed E-state index contributed by atoms with van der Waals surface area (Å²) in [5, 5.41) is 8.96. The second-order valence-corrected chi connectivity index (χ2v) is 6.70. The lowest BCUT2D eigenvalue weighted by Crippen LogP contribution is -2.25. The molecule has 0 aliphatic heterocycles. The van der Waals surface area contributed by atoms with Crippen LogP contribution in [0.25, 0.3) is 0 Å². The van der Waals surface area contributed by atoms with E-state index in [1.165, 1.54) is 6.07 Å². The normalized spacial score (nSPS) is 12.0. The van der Waals surface area contributed by atoms with Gasteiger partial charge in [-0.1, -0.05) is 0 Å². The molecule has 0 saturated carbocycles. The van der Waals surface area contributed by atoms with E-state index in [4.69, 9.17) is 9.84 Å². The number of sulfonamides is 1. The van der Waals surface area contributed by atoms with Gasteiger partial charge in [0.2, 0.25) is 10.0 Å². The summed E-state index contributed by atoms with van der Waals surface area (Å²) in [6, 6.07) is 3.36. The maximum absolute atomic E-state index is 13.2. The number of halogens is 1. The summed E-state index contributed by atoms with van der Waals surface area (Å²) in [4.78, 5) is -0.0496. The SMILES string of the molecule is CC(C)OCCCCNS(=O)(=O)c1ccc(F)c(CO)c1. The first-order valence-electron chi connectivity index (χ1n) is 6.87. The van der Waals surface area contributed by atoms with Crippen molar-refractivity contribution in [1.29, 1.82) is 0 Å². The molecule has 0 atom stereocenters. The van der Waals surface area contributed by atoms with Crippen molar-refractivity contribution in [2.75, 3.05) is 13.2 Å². The van der Waals surface area contributed by atoms with Gasteiger partial charge in [-0.25, -0.2) is 17.5 Å². The minimum Gasteiger partial charge on any atom is -0.392 e. The van der Waals surface area contributed by atoms with Crippen LogP contribution in [0.2, 0.25) is 0 Å². The van der Waals surface area contributed by atoms with Crippen molar-refractivity contribution in [3.63, 3.8) is 0 Å². The molecule has 120 valence electrons. The summed E-state index contributed by atoms with van der Waals surface area (Å²) in [5.74, 6) is -0.623. The zero-order valence-electron chi connectivity index (χ0n) is 12.3. The molecule has 0 heterocycles. The molecule has 1 rings (SSSR count). The molecule has 1 aromatic carbocycles. The minimum atomic E-state index is -3.68. The molecule has 0 aliphatic rings. The third-order valence-electron chi connectivity index (χ3n) is 2.81. The summed E-state index contributed by atoms with van der Waals surface area (Å²) < 4.78 is 45.0. The van der Waals surface area contributed by atoms with Gasteiger partial charge in [-0.15, -0.1) is 0 Å². The summed E-state index contributed by atoms with van der Waals surface area (Å²) in [7, 11) is -3.68. The van der Waals surface area contributed by atoms with Crippen molar-refractivity contribution < 1.29 is 22.7 Å². The number of ether oxygens (including phenoxy) is 1. The Morgan fingerprint density at radius 3 is 2.67 bits per heavy atom. The van der Waals surface area contributed by atoms with E-state index in [1.54, 1.807) is 0 Å². The molecule has 21 heavy (non-hydrogen) atoms. The Labute approximate surface area is 125 Å². The Kier molecular flexibility index (Phi) is 7.24. The van der Waals surface area contributed by atoms with Crippen LogP contribution >= 0.6 is 0 Å². The van der Waals surface area contributed by atoms with E-state index in [9.17, 15) is 12.8 Å². The van der Waals surface area contributed by atoms with E-state index < -0.39 is 22.4 Å². The van der Waals surface area contributed by atoms with Gasteiger partial charge >= 0.3 is 0 Å². The predicted octanol–water partition coefficient (Wildman–Crippen LogP) is 1.80. The third kappa shape index (κ3) is 6.09. The lowest BCUT2D eigenvalue weighted by molar-refractivity contribution is 0.0762. The van der Waals surface area contributed by atoms with E-state index in [0.29, 0.717) is 13.0 Å². The van der Waals surface area contributed by atoms with Crippen molar-refractivity contribution in [2.24, 2.45) is 0 Å². The van der Waals surface area contributed by atoms with Crippen LogP contribution in [-0.2, 0) is 21.4 Å².